The maximum Gasteiger partial charge on any atom is 0.407 e. The quantitative estimate of drug-likeness (QED) is 0.172. The molecule has 11 nitrogen and oxygen atoms in total. The summed E-state index contributed by atoms with van der Waals surface area (Å²) in [5, 5.41) is 13.8. The fourth-order valence-corrected chi connectivity index (χ4v) is 5.16. The highest BCUT2D eigenvalue weighted by Crippen LogP contribution is 2.35. The van der Waals surface area contributed by atoms with Crippen molar-refractivity contribution in [3.8, 4) is 0 Å². The van der Waals surface area contributed by atoms with Gasteiger partial charge in [0.05, 0.1) is 18.6 Å². The molecule has 1 aromatic carbocycles. The number of amides is 2. The molecule has 4 N–H and O–H groups in total. The van der Waals surface area contributed by atoms with Gasteiger partial charge in [-0.05, 0) is 92.6 Å². The number of nitrogens with one attached hydrogen (secondary N) is 1. The Morgan fingerprint density at radius 3 is 2.23 bits per heavy atom. The lowest BCUT2D eigenvalue weighted by Gasteiger charge is -2.40. The van der Waals surface area contributed by atoms with E-state index < -0.39 is 58.7 Å². The van der Waals surface area contributed by atoms with Crippen molar-refractivity contribution in [1.82, 2.24) is 10.2 Å². The standard InChI is InChI=1S/C32H51N3O8/c1-8-41-26(37)23(21-25(36)22-15-10-9-11-16-22)32(33,18-12-13-19-34-29(40)43-31(5,6)7)28(39)35-20-14-17-24(35)27(38)42-30(2,3)4/h9-11,15-16,23-25,36H,8,12-14,17-21,33H2,1-7H3,(H,34,40)/t23-,24+,25+,32+/m1/s1. The van der Waals surface area contributed by atoms with Gasteiger partial charge in [0.2, 0.25) is 5.91 Å². The molecule has 0 radical (unpaired) electrons. The summed E-state index contributed by atoms with van der Waals surface area (Å²) < 4.78 is 16.2. The molecule has 11 heteroatoms. The minimum Gasteiger partial charge on any atom is -0.466 e. The van der Waals surface area contributed by atoms with E-state index >= 15 is 0 Å². The molecular weight excluding hydrogens is 554 g/mol. The summed E-state index contributed by atoms with van der Waals surface area (Å²) in [6.07, 6.45) is 0.0139. The summed E-state index contributed by atoms with van der Waals surface area (Å²) in [6, 6.07) is 7.97. The lowest BCUT2D eigenvalue weighted by molar-refractivity contribution is -0.166. The van der Waals surface area contributed by atoms with Crippen LogP contribution < -0.4 is 11.1 Å². The van der Waals surface area contributed by atoms with Crippen molar-refractivity contribution < 1.29 is 38.5 Å². The van der Waals surface area contributed by atoms with E-state index in [0.717, 1.165) is 0 Å². The fraction of sp³-hybridized carbons (Fsp3) is 0.688. The molecule has 1 heterocycles. The van der Waals surface area contributed by atoms with Crippen molar-refractivity contribution >= 4 is 23.9 Å². The molecule has 2 rings (SSSR count). The lowest BCUT2D eigenvalue weighted by Crippen LogP contribution is -2.63. The molecule has 0 saturated carbocycles. The van der Waals surface area contributed by atoms with E-state index in [1.165, 1.54) is 4.90 Å². The third kappa shape index (κ3) is 11.1. The maximum absolute atomic E-state index is 14.4. The van der Waals surface area contributed by atoms with Crippen molar-refractivity contribution in [2.75, 3.05) is 19.7 Å². The predicted octanol–water partition coefficient (Wildman–Crippen LogP) is 4.01. The number of nitrogens with two attached hydrogens (primary N) is 1. The van der Waals surface area contributed by atoms with Crippen molar-refractivity contribution in [1.29, 1.82) is 0 Å². The van der Waals surface area contributed by atoms with Crippen molar-refractivity contribution in [3.63, 3.8) is 0 Å². The molecule has 242 valence electrons. The summed E-state index contributed by atoms with van der Waals surface area (Å²) in [5.41, 5.74) is 4.34. The summed E-state index contributed by atoms with van der Waals surface area (Å²) in [5.74, 6) is -3.01. The molecule has 1 saturated heterocycles. The predicted molar refractivity (Wildman–Crippen MR) is 162 cm³/mol. The van der Waals surface area contributed by atoms with Gasteiger partial charge in [0, 0.05) is 13.1 Å². The first-order valence-corrected chi connectivity index (χ1v) is 15.2. The number of aliphatic hydroxyl groups is 1. The Bertz CT molecular complexity index is 1080. The first kappa shape index (κ1) is 36.0. The fourth-order valence-electron chi connectivity index (χ4n) is 5.16. The van der Waals surface area contributed by atoms with Gasteiger partial charge in [-0.15, -0.1) is 0 Å². The Balaban J connectivity index is 2.36. The molecule has 0 aliphatic carbocycles. The van der Waals surface area contributed by atoms with E-state index in [1.807, 2.05) is 6.07 Å². The largest absolute Gasteiger partial charge is 0.466 e. The molecule has 2 amide bonds. The zero-order valence-electron chi connectivity index (χ0n) is 26.8. The number of carbonyl (C=O) groups is 4. The summed E-state index contributed by atoms with van der Waals surface area (Å²) >= 11 is 0. The van der Waals surface area contributed by atoms with Gasteiger partial charge in [-0.3, -0.25) is 9.59 Å². The number of esters is 2. The minimum atomic E-state index is -1.81. The number of nitrogens with zero attached hydrogens (tertiary/aromatic N) is 1. The third-order valence-corrected chi connectivity index (χ3v) is 7.11. The molecule has 0 spiro atoms. The van der Waals surface area contributed by atoms with Crippen molar-refractivity contribution in [2.24, 2.45) is 11.7 Å². The van der Waals surface area contributed by atoms with Crippen LogP contribution >= 0.6 is 0 Å². The number of hydrogen-bond acceptors (Lipinski definition) is 9. The highest BCUT2D eigenvalue weighted by atomic mass is 16.6. The van der Waals surface area contributed by atoms with Crippen LogP contribution in [-0.2, 0) is 28.6 Å². The van der Waals surface area contributed by atoms with Gasteiger partial charge in [0.25, 0.3) is 0 Å². The van der Waals surface area contributed by atoms with Gasteiger partial charge < -0.3 is 35.3 Å². The molecule has 1 aromatic rings. The zero-order chi connectivity index (χ0) is 32.4. The number of rotatable bonds is 13. The second-order valence-corrected chi connectivity index (χ2v) is 13.1. The van der Waals surface area contributed by atoms with Crippen LogP contribution in [0.3, 0.4) is 0 Å². The van der Waals surface area contributed by atoms with E-state index in [0.29, 0.717) is 31.2 Å². The van der Waals surface area contributed by atoms with Crippen LogP contribution in [0.4, 0.5) is 4.79 Å². The molecule has 0 bridgehead atoms. The second-order valence-electron chi connectivity index (χ2n) is 13.1. The average Bonchev–Trinajstić information content (AvgIpc) is 3.39. The third-order valence-electron chi connectivity index (χ3n) is 7.11. The molecule has 1 aliphatic heterocycles. The first-order valence-electron chi connectivity index (χ1n) is 15.2. The number of aliphatic hydroxyl groups excluding tert-OH is 1. The topological polar surface area (TPSA) is 157 Å². The number of carbonyl (C=O) groups excluding carboxylic acids is 4. The highest BCUT2D eigenvalue weighted by molar-refractivity contribution is 5.95. The summed E-state index contributed by atoms with van der Waals surface area (Å²) in [6.45, 7) is 12.8. The van der Waals surface area contributed by atoms with Crippen molar-refractivity contribution in [2.45, 2.75) is 116 Å². The van der Waals surface area contributed by atoms with E-state index in [4.69, 9.17) is 19.9 Å². The molecule has 1 fully saturated rings. The van der Waals surface area contributed by atoms with Gasteiger partial charge in [0.15, 0.2) is 0 Å². The Morgan fingerprint density at radius 2 is 1.65 bits per heavy atom. The van der Waals surface area contributed by atoms with Gasteiger partial charge >= 0.3 is 18.0 Å². The number of benzene rings is 1. The van der Waals surface area contributed by atoms with Crippen LogP contribution in [0.5, 0.6) is 0 Å². The Labute approximate surface area is 255 Å². The molecule has 43 heavy (non-hydrogen) atoms. The van der Waals surface area contributed by atoms with Crippen LogP contribution in [0, 0.1) is 5.92 Å². The number of alkyl carbamates (subject to hydrolysis) is 1. The van der Waals surface area contributed by atoms with Crippen LogP contribution in [0.25, 0.3) is 0 Å². The molecule has 4 atom stereocenters. The van der Waals surface area contributed by atoms with Gasteiger partial charge in [-0.2, -0.15) is 0 Å². The lowest BCUT2D eigenvalue weighted by atomic mass is 9.75. The molecule has 0 aromatic heterocycles. The van der Waals surface area contributed by atoms with Gasteiger partial charge in [-0.25, -0.2) is 9.59 Å². The highest BCUT2D eigenvalue weighted by Gasteiger charge is 2.52. The van der Waals surface area contributed by atoms with E-state index in [-0.39, 0.29) is 32.5 Å². The summed E-state index contributed by atoms with van der Waals surface area (Å²) in [7, 11) is 0. The van der Waals surface area contributed by atoms with Crippen LogP contribution in [0.1, 0.15) is 98.7 Å². The molecule has 1 aliphatic rings. The van der Waals surface area contributed by atoms with Crippen LogP contribution in [0.2, 0.25) is 0 Å². The molecular formula is C32H51N3O8. The Morgan fingerprint density at radius 1 is 1.02 bits per heavy atom. The Hall–Kier alpha value is -3.18. The Kier molecular flexibility index (Phi) is 13.0. The van der Waals surface area contributed by atoms with E-state index in [1.54, 1.807) is 72.7 Å². The van der Waals surface area contributed by atoms with Crippen LogP contribution in [0.15, 0.2) is 30.3 Å². The molecule has 0 unspecified atom stereocenters. The number of unbranched alkanes of at least 4 members (excludes halogenated alkanes) is 1. The number of hydrogen-bond donors (Lipinski definition) is 3. The normalized spacial score (nSPS) is 18.3. The minimum absolute atomic E-state index is 0.0460. The number of ether oxygens (including phenoxy) is 3. The second kappa shape index (κ2) is 15.5. The maximum atomic E-state index is 14.4. The average molecular weight is 606 g/mol. The summed E-state index contributed by atoms with van der Waals surface area (Å²) in [4.78, 5) is 54.4. The monoisotopic (exact) mass is 605 g/mol. The SMILES string of the molecule is CCOC(=O)[C@@H](C[C@H](O)c1ccccc1)[C@@](N)(CCCCNC(=O)OC(C)(C)C)C(=O)N1CCC[C@H]1C(=O)OC(C)(C)C. The van der Waals surface area contributed by atoms with Gasteiger partial charge in [0.1, 0.15) is 22.8 Å². The van der Waals surface area contributed by atoms with E-state index in [2.05, 4.69) is 5.32 Å². The van der Waals surface area contributed by atoms with Gasteiger partial charge in [-0.1, -0.05) is 30.3 Å². The van der Waals surface area contributed by atoms with E-state index in [9.17, 15) is 24.3 Å². The van der Waals surface area contributed by atoms with Crippen molar-refractivity contribution in [3.05, 3.63) is 35.9 Å². The first-order chi connectivity index (χ1) is 20.0. The number of likely N-dealkylation sites (tertiary alicyclic amines) is 1. The van der Waals surface area contributed by atoms with Crippen LogP contribution in [-0.4, -0.2) is 76.4 Å². The smallest absolute Gasteiger partial charge is 0.407 e. The zero-order valence-corrected chi connectivity index (χ0v) is 26.8.